The van der Waals surface area contributed by atoms with Gasteiger partial charge in [-0.15, -0.1) is 0 Å². The first-order valence-corrected chi connectivity index (χ1v) is 11.3. The maximum Gasteiger partial charge on any atom is 0.137 e. The van der Waals surface area contributed by atoms with Crippen LogP contribution in [-0.2, 0) is 4.74 Å². The van der Waals surface area contributed by atoms with Crippen LogP contribution >= 0.6 is 11.6 Å². The van der Waals surface area contributed by atoms with E-state index in [9.17, 15) is 4.39 Å². The molecular weight excluding hydrogens is 460 g/mol. The first kappa shape index (κ1) is 22.4. The van der Waals surface area contributed by atoms with Crippen molar-refractivity contribution >= 4 is 39.8 Å². The minimum atomic E-state index is -0.715. The second-order valence-corrected chi connectivity index (χ2v) is 8.65. The summed E-state index contributed by atoms with van der Waals surface area (Å²) in [5.41, 5.74) is 3.41. The van der Waals surface area contributed by atoms with E-state index in [0.29, 0.717) is 65.6 Å². The first-order valence-electron chi connectivity index (χ1n) is 10.9. The average Bonchev–Trinajstić information content (AvgIpc) is 2.80. The van der Waals surface area contributed by atoms with Crippen LogP contribution in [0.15, 0.2) is 42.6 Å². The zero-order valence-corrected chi connectivity index (χ0v) is 19.5. The minimum absolute atomic E-state index is 0.171. The van der Waals surface area contributed by atoms with Crippen LogP contribution in [0.1, 0.15) is 11.1 Å². The summed E-state index contributed by atoms with van der Waals surface area (Å²) in [7, 11) is 0. The van der Waals surface area contributed by atoms with Gasteiger partial charge in [0, 0.05) is 42.0 Å². The highest BCUT2D eigenvalue weighted by Crippen LogP contribution is 2.37. The molecule has 0 aliphatic carbocycles. The lowest BCUT2D eigenvalue weighted by atomic mass is 10.0. The number of hydrogen-bond acceptors (Lipinski definition) is 6. The molecule has 0 amide bonds. The second kappa shape index (κ2) is 9.12. The molecule has 1 N–H and O–H groups in total. The summed E-state index contributed by atoms with van der Waals surface area (Å²) in [5, 5.41) is 3.90. The Morgan fingerprint density at radius 3 is 2.59 bits per heavy atom. The molecule has 9 heteroatoms. The van der Waals surface area contributed by atoms with E-state index in [1.165, 1.54) is 6.07 Å². The lowest BCUT2D eigenvalue weighted by Crippen LogP contribution is -2.36. The molecule has 1 aliphatic heterocycles. The summed E-state index contributed by atoms with van der Waals surface area (Å²) in [6.07, 6.45) is 1.68. The Hall–Kier alpha value is -3.36. The zero-order chi connectivity index (χ0) is 23.8. The molecule has 34 heavy (non-hydrogen) atoms. The number of nitrogens with one attached hydrogen (secondary N) is 1. The van der Waals surface area contributed by atoms with Crippen molar-refractivity contribution in [1.82, 2.24) is 15.0 Å². The Labute approximate surface area is 200 Å². The van der Waals surface area contributed by atoms with Gasteiger partial charge in [-0.2, -0.15) is 0 Å². The Morgan fingerprint density at radius 2 is 1.82 bits per heavy atom. The predicted octanol–water partition coefficient (Wildman–Crippen LogP) is 5.82. The monoisotopic (exact) mass is 481 g/mol. The third kappa shape index (κ3) is 4.38. The summed E-state index contributed by atoms with van der Waals surface area (Å²) in [4.78, 5) is 15.8. The van der Waals surface area contributed by atoms with Crippen molar-refractivity contribution in [2.45, 2.75) is 13.8 Å². The van der Waals surface area contributed by atoms with Crippen molar-refractivity contribution in [3.05, 3.63) is 70.4 Å². The molecule has 1 fully saturated rings. The molecule has 1 saturated heterocycles. The number of aryl methyl sites for hydroxylation is 1. The summed E-state index contributed by atoms with van der Waals surface area (Å²) in [5.74, 6) is -0.281. The molecule has 5 rings (SSSR count). The van der Waals surface area contributed by atoms with Crippen LogP contribution in [0.3, 0.4) is 0 Å². The largest absolute Gasteiger partial charge is 0.378 e. The van der Waals surface area contributed by atoms with Gasteiger partial charge in [0.05, 0.1) is 41.2 Å². The molecule has 0 bridgehead atoms. The summed E-state index contributed by atoms with van der Waals surface area (Å²) in [6.45, 7) is 6.37. The molecule has 3 aromatic heterocycles. The lowest BCUT2D eigenvalue weighted by Gasteiger charge is -2.28. The Kier molecular flexibility index (Phi) is 6.02. The molecule has 1 aliphatic rings. The van der Waals surface area contributed by atoms with Crippen molar-refractivity contribution in [3.8, 4) is 11.4 Å². The highest BCUT2D eigenvalue weighted by atomic mass is 35.5. The molecule has 4 heterocycles. The number of anilines is 3. The number of pyridine rings is 3. The Morgan fingerprint density at radius 1 is 1.03 bits per heavy atom. The maximum atomic E-state index is 15.0. The summed E-state index contributed by atoms with van der Waals surface area (Å²) >= 11 is 6.41. The first-order chi connectivity index (χ1) is 16.4. The van der Waals surface area contributed by atoms with Gasteiger partial charge in [-0.25, -0.2) is 18.7 Å². The second-order valence-electron chi connectivity index (χ2n) is 8.21. The van der Waals surface area contributed by atoms with Gasteiger partial charge in [0.25, 0.3) is 0 Å². The van der Waals surface area contributed by atoms with Gasteiger partial charge in [-0.05, 0) is 43.7 Å². The molecule has 0 atom stereocenters. The zero-order valence-electron chi connectivity index (χ0n) is 18.7. The van der Waals surface area contributed by atoms with E-state index in [0.717, 1.165) is 11.6 Å². The van der Waals surface area contributed by atoms with Crippen molar-refractivity contribution in [1.29, 1.82) is 0 Å². The highest BCUT2D eigenvalue weighted by Gasteiger charge is 2.20. The van der Waals surface area contributed by atoms with Crippen LogP contribution in [0.5, 0.6) is 0 Å². The molecule has 0 spiro atoms. The summed E-state index contributed by atoms with van der Waals surface area (Å²) < 4.78 is 34.6. The SMILES string of the molecule is Cc1ccnc(-c2nc3cc(F)cc(F)c3c(Nc3cc(Cl)cc(N4CCOCC4)n3)c2C)c1. The van der Waals surface area contributed by atoms with Gasteiger partial charge < -0.3 is 15.0 Å². The van der Waals surface area contributed by atoms with Gasteiger partial charge in [0.2, 0.25) is 0 Å². The van der Waals surface area contributed by atoms with Crippen LogP contribution in [0.4, 0.5) is 26.1 Å². The predicted molar refractivity (Wildman–Crippen MR) is 130 cm³/mol. The standard InChI is InChI=1S/C25H22ClF2N5O/c1-14-3-4-29-20(9-14)24-15(2)25(23-18(28)12-17(27)13-19(23)30-24)32-21-10-16(26)11-22(31-21)33-5-7-34-8-6-33/h3-4,9-13H,5-8H2,1-2H3,(H,30,31,32). The number of nitrogens with zero attached hydrogens (tertiary/aromatic N) is 4. The van der Waals surface area contributed by atoms with Crippen molar-refractivity contribution in [2.24, 2.45) is 0 Å². The number of benzene rings is 1. The van der Waals surface area contributed by atoms with E-state index >= 15 is 4.39 Å². The molecule has 1 aromatic carbocycles. The fourth-order valence-corrected chi connectivity index (χ4v) is 4.31. The van der Waals surface area contributed by atoms with E-state index < -0.39 is 11.6 Å². The molecule has 174 valence electrons. The molecule has 0 unspecified atom stereocenters. The maximum absolute atomic E-state index is 15.0. The number of fused-ring (bicyclic) bond motifs is 1. The van der Waals surface area contributed by atoms with Gasteiger partial charge in [0.15, 0.2) is 0 Å². The minimum Gasteiger partial charge on any atom is -0.378 e. The fraction of sp³-hybridized carbons (Fsp3) is 0.240. The number of morpholine rings is 1. The third-order valence-corrected chi connectivity index (χ3v) is 5.99. The Balaban J connectivity index is 1.67. The molecule has 6 nitrogen and oxygen atoms in total. The molecule has 0 radical (unpaired) electrons. The van der Waals surface area contributed by atoms with Gasteiger partial charge in [0.1, 0.15) is 23.3 Å². The number of halogens is 3. The van der Waals surface area contributed by atoms with Crippen LogP contribution in [0.25, 0.3) is 22.3 Å². The lowest BCUT2D eigenvalue weighted by molar-refractivity contribution is 0.122. The van der Waals surface area contributed by atoms with Gasteiger partial charge in [-0.3, -0.25) is 4.98 Å². The Bertz CT molecular complexity index is 1390. The quantitative estimate of drug-likeness (QED) is 0.396. The number of rotatable bonds is 4. The number of hydrogen-bond donors (Lipinski definition) is 1. The van der Waals surface area contributed by atoms with Gasteiger partial charge in [-0.1, -0.05) is 11.6 Å². The highest BCUT2D eigenvalue weighted by molar-refractivity contribution is 6.31. The topological polar surface area (TPSA) is 63.2 Å². The number of ether oxygens (including phenoxy) is 1. The van der Waals surface area contributed by atoms with Crippen molar-refractivity contribution < 1.29 is 13.5 Å². The van der Waals surface area contributed by atoms with E-state index in [2.05, 4.69) is 20.2 Å². The normalized spacial score (nSPS) is 14.0. The van der Waals surface area contributed by atoms with Crippen LogP contribution in [-0.4, -0.2) is 41.3 Å². The van der Waals surface area contributed by atoms with Crippen molar-refractivity contribution in [3.63, 3.8) is 0 Å². The van der Waals surface area contributed by atoms with Crippen LogP contribution in [0.2, 0.25) is 5.02 Å². The van der Waals surface area contributed by atoms with Gasteiger partial charge >= 0.3 is 0 Å². The molecule has 4 aromatic rings. The van der Waals surface area contributed by atoms with E-state index in [4.69, 9.17) is 21.3 Å². The van der Waals surface area contributed by atoms with Crippen LogP contribution < -0.4 is 10.2 Å². The van der Waals surface area contributed by atoms with Crippen LogP contribution in [0, 0.1) is 25.5 Å². The third-order valence-electron chi connectivity index (χ3n) is 5.77. The molecule has 0 saturated carbocycles. The summed E-state index contributed by atoms with van der Waals surface area (Å²) in [6, 6.07) is 9.28. The van der Waals surface area contributed by atoms with Crippen molar-refractivity contribution in [2.75, 3.05) is 36.5 Å². The molecular formula is C25H22ClF2N5O. The van der Waals surface area contributed by atoms with E-state index in [1.807, 2.05) is 26.0 Å². The van der Waals surface area contributed by atoms with E-state index in [1.54, 1.807) is 18.3 Å². The fourth-order valence-electron chi connectivity index (χ4n) is 4.11. The average molecular weight is 482 g/mol. The smallest absolute Gasteiger partial charge is 0.137 e. The number of aromatic nitrogens is 3. The van der Waals surface area contributed by atoms with E-state index in [-0.39, 0.29) is 10.9 Å².